The van der Waals surface area contributed by atoms with Gasteiger partial charge in [0.1, 0.15) is 5.76 Å². The Morgan fingerprint density at radius 3 is 2.52 bits per heavy atom. The Balaban J connectivity index is 2.50. The third kappa shape index (κ3) is 3.20. The van der Waals surface area contributed by atoms with Crippen molar-refractivity contribution in [2.45, 2.75) is 6.92 Å². The van der Waals surface area contributed by atoms with Gasteiger partial charge < -0.3 is 14.3 Å². The van der Waals surface area contributed by atoms with Crippen molar-refractivity contribution in [1.29, 1.82) is 0 Å². The molecule has 0 aliphatic rings. The van der Waals surface area contributed by atoms with Gasteiger partial charge in [0, 0.05) is 5.56 Å². The van der Waals surface area contributed by atoms with Crippen molar-refractivity contribution in [3.8, 4) is 11.3 Å². The first-order chi connectivity index (χ1) is 9.93. The summed E-state index contributed by atoms with van der Waals surface area (Å²) in [5.41, 5.74) is 0.489. The molecule has 21 heavy (non-hydrogen) atoms. The van der Waals surface area contributed by atoms with Crippen molar-refractivity contribution >= 4 is 35.1 Å². The lowest BCUT2D eigenvalue weighted by molar-refractivity contribution is 0.0526. The molecule has 7 heteroatoms. The summed E-state index contributed by atoms with van der Waals surface area (Å²) in [5.74, 6) is -1.80. The van der Waals surface area contributed by atoms with Gasteiger partial charge >= 0.3 is 11.9 Å². The molecule has 1 N–H and O–H groups in total. The summed E-state index contributed by atoms with van der Waals surface area (Å²) < 4.78 is 10.1. The van der Waals surface area contributed by atoms with Crippen LogP contribution in [-0.2, 0) is 4.74 Å². The monoisotopic (exact) mass is 328 g/mol. The molecule has 0 fully saturated rings. The number of hydrogen-bond acceptors (Lipinski definition) is 4. The van der Waals surface area contributed by atoms with E-state index in [-0.39, 0.29) is 33.7 Å². The molecule has 0 saturated heterocycles. The molecule has 0 amide bonds. The average molecular weight is 329 g/mol. The minimum absolute atomic E-state index is 0.131. The second-order valence-electron chi connectivity index (χ2n) is 4.00. The molecule has 0 aliphatic carbocycles. The molecule has 0 unspecified atom stereocenters. The van der Waals surface area contributed by atoms with Gasteiger partial charge in [-0.05, 0) is 31.2 Å². The van der Waals surface area contributed by atoms with E-state index in [4.69, 9.17) is 37.5 Å². The van der Waals surface area contributed by atoms with E-state index < -0.39 is 11.9 Å². The summed E-state index contributed by atoms with van der Waals surface area (Å²) in [5, 5.41) is 9.23. The number of halogens is 2. The number of esters is 1. The van der Waals surface area contributed by atoms with Crippen LogP contribution in [0.15, 0.2) is 28.7 Å². The Morgan fingerprint density at radius 1 is 1.24 bits per heavy atom. The predicted molar refractivity (Wildman–Crippen MR) is 77.1 cm³/mol. The molecule has 0 saturated carbocycles. The van der Waals surface area contributed by atoms with Gasteiger partial charge in [0.25, 0.3) is 0 Å². The molecule has 0 radical (unpaired) electrons. The van der Waals surface area contributed by atoms with Crippen LogP contribution in [-0.4, -0.2) is 23.7 Å². The second-order valence-corrected chi connectivity index (χ2v) is 4.82. The van der Waals surface area contributed by atoms with Crippen LogP contribution in [0.3, 0.4) is 0 Å². The number of rotatable bonds is 4. The van der Waals surface area contributed by atoms with Crippen LogP contribution in [0, 0.1) is 0 Å². The standard InChI is InChI=1S/C14H10Cl2O5/c1-2-20-14(19)8-5-7(9(15)6-10(8)16)11-3-4-12(21-11)13(17)18/h3-6H,2H2,1H3,(H,17,18). The smallest absolute Gasteiger partial charge is 0.371 e. The number of carbonyl (C=O) groups is 2. The molecule has 0 spiro atoms. The Labute approximate surface area is 130 Å². The van der Waals surface area contributed by atoms with E-state index in [0.717, 1.165) is 0 Å². The fourth-order valence-corrected chi connectivity index (χ4v) is 2.25. The fraction of sp³-hybridized carbons (Fsp3) is 0.143. The maximum atomic E-state index is 11.8. The molecule has 1 aromatic heterocycles. The molecule has 0 aliphatic heterocycles. The highest BCUT2D eigenvalue weighted by Gasteiger charge is 2.18. The van der Waals surface area contributed by atoms with Crippen molar-refractivity contribution in [3.63, 3.8) is 0 Å². The second kappa shape index (κ2) is 6.20. The Morgan fingerprint density at radius 2 is 1.95 bits per heavy atom. The van der Waals surface area contributed by atoms with Crippen LogP contribution in [0.25, 0.3) is 11.3 Å². The van der Waals surface area contributed by atoms with Crippen LogP contribution in [0.4, 0.5) is 0 Å². The Hall–Kier alpha value is -1.98. The van der Waals surface area contributed by atoms with E-state index in [1.807, 2.05) is 0 Å². The van der Waals surface area contributed by atoms with Crippen LogP contribution >= 0.6 is 23.2 Å². The van der Waals surface area contributed by atoms with E-state index in [1.165, 1.54) is 24.3 Å². The van der Waals surface area contributed by atoms with E-state index in [0.29, 0.717) is 5.56 Å². The Bertz CT molecular complexity index is 705. The SMILES string of the molecule is CCOC(=O)c1cc(-c2ccc(C(=O)O)o2)c(Cl)cc1Cl. The Kier molecular flexibility index (Phi) is 4.55. The van der Waals surface area contributed by atoms with Gasteiger partial charge in [-0.2, -0.15) is 0 Å². The largest absolute Gasteiger partial charge is 0.475 e. The maximum Gasteiger partial charge on any atom is 0.371 e. The van der Waals surface area contributed by atoms with Gasteiger partial charge in [0.05, 0.1) is 22.2 Å². The third-order valence-corrected chi connectivity index (χ3v) is 3.26. The van der Waals surface area contributed by atoms with Gasteiger partial charge in [-0.1, -0.05) is 23.2 Å². The zero-order chi connectivity index (χ0) is 15.6. The van der Waals surface area contributed by atoms with Crippen LogP contribution in [0.1, 0.15) is 27.8 Å². The molecular formula is C14H10Cl2O5. The molecule has 1 heterocycles. The number of furan rings is 1. The first kappa shape index (κ1) is 15.4. The van der Waals surface area contributed by atoms with E-state index in [2.05, 4.69) is 0 Å². The normalized spacial score (nSPS) is 10.4. The summed E-state index contributed by atoms with van der Waals surface area (Å²) in [6, 6.07) is 5.54. The minimum Gasteiger partial charge on any atom is -0.475 e. The summed E-state index contributed by atoms with van der Waals surface area (Å²) in [6.07, 6.45) is 0. The molecule has 2 aromatic rings. The van der Waals surface area contributed by atoms with Crippen LogP contribution in [0.5, 0.6) is 0 Å². The van der Waals surface area contributed by atoms with Gasteiger partial charge in [-0.3, -0.25) is 0 Å². The van der Waals surface area contributed by atoms with E-state index in [9.17, 15) is 9.59 Å². The highest BCUT2D eigenvalue weighted by atomic mass is 35.5. The van der Waals surface area contributed by atoms with Gasteiger partial charge in [0.15, 0.2) is 0 Å². The molecule has 0 atom stereocenters. The van der Waals surface area contributed by atoms with Crippen molar-refractivity contribution in [1.82, 2.24) is 0 Å². The lowest BCUT2D eigenvalue weighted by atomic mass is 10.1. The fourth-order valence-electron chi connectivity index (χ4n) is 1.70. The van der Waals surface area contributed by atoms with Crippen LogP contribution < -0.4 is 0 Å². The summed E-state index contributed by atoms with van der Waals surface area (Å²) in [7, 11) is 0. The minimum atomic E-state index is -1.20. The molecule has 1 aromatic carbocycles. The number of benzene rings is 1. The molecular weight excluding hydrogens is 319 g/mol. The zero-order valence-electron chi connectivity index (χ0n) is 10.9. The van der Waals surface area contributed by atoms with Crippen molar-refractivity contribution < 1.29 is 23.8 Å². The summed E-state index contributed by atoms with van der Waals surface area (Å²) in [4.78, 5) is 22.6. The van der Waals surface area contributed by atoms with Crippen molar-refractivity contribution in [2.75, 3.05) is 6.61 Å². The molecule has 110 valence electrons. The topological polar surface area (TPSA) is 76.7 Å². The lowest BCUT2D eigenvalue weighted by Gasteiger charge is -2.08. The summed E-state index contributed by atoms with van der Waals surface area (Å²) in [6.45, 7) is 1.88. The first-order valence-corrected chi connectivity index (χ1v) is 6.69. The quantitative estimate of drug-likeness (QED) is 0.854. The van der Waals surface area contributed by atoms with E-state index in [1.54, 1.807) is 6.92 Å². The maximum absolute atomic E-state index is 11.8. The molecule has 5 nitrogen and oxygen atoms in total. The first-order valence-electron chi connectivity index (χ1n) is 5.93. The van der Waals surface area contributed by atoms with Gasteiger partial charge in [-0.15, -0.1) is 0 Å². The zero-order valence-corrected chi connectivity index (χ0v) is 12.4. The lowest BCUT2D eigenvalue weighted by Crippen LogP contribution is -2.05. The number of hydrogen-bond donors (Lipinski definition) is 1. The van der Waals surface area contributed by atoms with E-state index >= 15 is 0 Å². The van der Waals surface area contributed by atoms with Crippen LogP contribution in [0.2, 0.25) is 10.0 Å². The highest BCUT2D eigenvalue weighted by molar-refractivity contribution is 6.38. The van der Waals surface area contributed by atoms with Crippen molar-refractivity contribution in [2.24, 2.45) is 0 Å². The van der Waals surface area contributed by atoms with Crippen molar-refractivity contribution in [3.05, 3.63) is 45.6 Å². The number of carboxylic acid groups (broad SMARTS) is 1. The van der Waals surface area contributed by atoms with Gasteiger partial charge in [-0.25, -0.2) is 9.59 Å². The average Bonchev–Trinajstić information content (AvgIpc) is 2.88. The number of ether oxygens (including phenoxy) is 1. The predicted octanol–water partition coefficient (Wildman–Crippen LogP) is 4.13. The molecule has 0 bridgehead atoms. The number of carboxylic acids is 1. The number of carbonyl (C=O) groups excluding carboxylic acids is 1. The molecule has 2 rings (SSSR count). The number of aromatic carboxylic acids is 1. The third-order valence-electron chi connectivity index (χ3n) is 2.63. The van der Waals surface area contributed by atoms with Gasteiger partial charge in [0.2, 0.25) is 5.76 Å². The highest BCUT2D eigenvalue weighted by Crippen LogP contribution is 2.34. The summed E-state index contributed by atoms with van der Waals surface area (Å²) >= 11 is 12.0.